The maximum atomic E-state index is 13.5. The quantitative estimate of drug-likeness (QED) is 0.268. The smallest absolute Gasteiger partial charge is 0.243 e. The van der Waals surface area contributed by atoms with E-state index in [0.29, 0.717) is 19.1 Å². The van der Waals surface area contributed by atoms with Crippen LogP contribution in [0.15, 0.2) is 17.1 Å². The number of carbonyl (C=O) groups excluding carboxylic acids is 1. The lowest BCUT2D eigenvalue weighted by molar-refractivity contribution is -0.115. The lowest BCUT2D eigenvalue weighted by Gasteiger charge is -2.12. The number of benzene rings is 1. The lowest BCUT2D eigenvalue weighted by Crippen LogP contribution is -2.42. The summed E-state index contributed by atoms with van der Waals surface area (Å²) in [6.07, 6.45) is 3.30. The number of halogens is 3. The van der Waals surface area contributed by atoms with Gasteiger partial charge in [-0.05, 0) is 37.3 Å². The summed E-state index contributed by atoms with van der Waals surface area (Å²) in [4.78, 5) is 15.8. The maximum Gasteiger partial charge on any atom is 0.243 e. The first kappa shape index (κ1) is 20.0. The van der Waals surface area contributed by atoms with Gasteiger partial charge in [-0.25, -0.2) is 13.2 Å². The van der Waals surface area contributed by atoms with E-state index in [0.717, 1.165) is 31.1 Å². The molecule has 1 fully saturated rings. The summed E-state index contributed by atoms with van der Waals surface area (Å²) in [6, 6.07) is 1.70. The SMILES string of the molecule is CN=C(NCCCOCC1CC1)NCC(=O)Nc1ccc(F)c(F)c1F. The van der Waals surface area contributed by atoms with Crippen LogP contribution in [-0.2, 0) is 9.53 Å². The van der Waals surface area contributed by atoms with Crippen LogP contribution in [0.1, 0.15) is 19.3 Å². The molecule has 1 aromatic carbocycles. The molecule has 9 heteroatoms. The standard InChI is InChI=1S/C17H23F3N4O2/c1-21-17(22-7-2-8-26-10-11-3-4-11)23-9-14(25)24-13-6-5-12(18)15(19)16(13)20/h5-6,11H,2-4,7-10H2,1H3,(H,24,25)(H2,21,22,23). The van der Waals surface area contributed by atoms with Crippen LogP contribution in [-0.4, -0.2) is 45.2 Å². The summed E-state index contributed by atoms with van der Waals surface area (Å²) < 4.78 is 45.0. The Bertz CT molecular complexity index is 651. The summed E-state index contributed by atoms with van der Waals surface area (Å²) in [5.41, 5.74) is -0.425. The van der Waals surface area contributed by atoms with E-state index in [1.165, 1.54) is 12.8 Å². The number of anilines is 1. The molecule has 0 saturated heterocycles. The van der Waals surface area contributed by atoms with Crippen LogP contribution in [0.5, 0.6) is 0 Å². The number of aliphatic imine (C=N–C) groups is 1. The monoisotopic (exact) mass is 372 g/mol. The Morgan fingerprint density at radius 1 is 1.23 bits per heavy atom. The maximum absolute atomic E-state index is 13.5. The fourth-order valence-corrected chi connectivity index (χ4v) is 2.12. The van der Waals surface area contributed by atoms with Crippen LogP contribution in [0.2, 0.25) is 0 Å². The van der Waals surface area contributed by atoms with Crippen LogP contribution in [0.4, 0.5) is 18.9 Å². The van der Waals surface area contributed by atoms with Crippen LogP contribution in [0.3, 0.4) is 0 Å². The summed E-state index contributed by atoms with van der Waals surface area (Å²) in [7, 11) is 1.55. The second kappa shape index (κ2) is 10.0. The molecule has 0 heterocycles. The molecule has 144 valence electrons. The second-order valence-electron chi connectivity index (χ2n) is 6.00. The first-order chi connectivity index (χ1) is 12.5. The first-order valence-electron chi connectivity index (χ1n) is 8.47. The van der Waals surface area contributed by atoms with E-state index >= 15 is 0 Å². The Kier molecular flexibility index (Phi) is 7.71. The van der Waals surface area contributed by atoms with Crippen molar-refractivity contribution in [3.8, 4) is 0 Å². The fraction of sp³-hybridized carbons (Fsp3) is 0.529. The number of hydrogen-bond donors (Lipinski definition) is 3. The minimum atomic E-state index is -1.63. The van der Waals surface area contributed by atoms with E-state index in [9.17, 15) is 18.0 Å². The number of carbonyl (C=O) groups is 1. The van der Waals surface area contributed by atoms with Gasteiger partial charge in [0.15, 0.2) is 23.4 Å². The third kappa shape index (κ3) is 6.55. The third-order valence-corrected chi connectivity index (χ3v) is 3.76. The average molecular weight is 372 g/mol. The topological polar surface area (TPSA) is 74.8 Å². The van der Waals surface area contributed by atoms with E-state index in [-0.39, 0.29) is 6.54 Å². The fourth-order valence-electron chi connectivity index (χ4n) is 2.12. The Hall–Kier alpha value is -2.29. The van der Waals surface area contributed by atoms with Crippen molar-refractivity contribution in [2.45, 2.75) is 19.3 Å². The van der Waals surface area contributed by atoms with Crippen molar-refractivity contribution in [2.24, 2.45) is 10.9 Å². The summed E-state index contributed by atoms with van der Waals surface area (Å²) in [5, 5.41) is 7.94. The van der Waals surface area contributed by atoms with Crippen LogP contribution < -0.4 is 16.0 Å². The number of guanidine groups is 1. The van der Waals surface area contributed by atoms with Crippen molar-refractivity contribution in [3.63, 3.8) is 0 Å². The highest BCUT2D eigenvalue weighted by Crippen LogP contribution is 2.28. The number of rotatable bonds is 9. The first-order valence-corrected chi connectivity index (χ1v) is 8.47. The Morgan fingerprint density at radius 3 is 2.69 bits per heavy atom. The molecule has 0 spiro atoms. The zero-order chi connectivity index (χ0) is 18.9. The highest BCUT2D eigenvalue weighted by atomic mass is 19.2. The molecule has 1 aliphatic carbocycles. The van der Waals surface area contributed by atoms with Gasteiger partial charge in [0.1, 0.15) is 0 Å². The number of nitrogens with one attached hydrogen (secondary N) is 3. The van der Waals surface area contributed by atoms with Crippen LogP contribution >= 0.6 is 0 Å². The molecule has 1 amide bonds. The van der Waals surface area contributed by atoms with Gasteiger partial charge in [0, 0.05) is 26.8 Å². The van der Waals surface area contributed by atoms with Crippen molar-refractivity contribution in [3.05, 3.63) is 29.6 Å². The van der Waals surface area contributed by atoms with Gasteiger partial charge in [0.2, 0.25) is 5.91 Å². The minimum Gasteiger partial charge on any atom is -0.381 e. The predicted octanol–water partition coefficient (Wildman–Crippen LogP) is 2.02. The molecule has 1 aliphatic rings. The number of nitrogens with zero attached hydrogens (tertiary/aromatic N) is 1. The lowest BCUT2D eigenvalue weighted by atomic mass is 10.2. The number of amides is 1. The second-order valence-corrected chi connectivity index (χ2v) is 6.00. The Labute approximate surface area is 150 Å². The highest BCUT2D eigenvalue weighted by molar-refractivity contribution is 5.95. The van der Waals surface area contributed by atoms with Crippen molar-refractivity contribution >= 4 is 17.6 Å². The highest BCUT2D eigenvalue weighted by Gasteiger charge is 2.20. The van der Waals surface area contributed by atoms with E-state index in [1.54, 1.807) is 7.05 Å². The van der Waals surface area contributed by atoms with Gasteiger partial charge in [0.25, 0.3) is 0 Å². The van der Waals surface area contributed by atoms with Crippen molar-refractivity contribution in [1.82, 2.24) is 10.6 Å². The van der Waals surface area contributed by atoms with Gasteiger partial charge in [-0.1, -0.05) is 0 Å². The Morgan fingerprint density at radius 2 is 2.00 bits per heavy atom. The van der Waals surface area contributed by atoms with Crippen LogP contribution in [0, 0.1) is 23.4 Å². The molecule has 1 saturated carbocycles. The predicted molar refractivity (Wildman–Crippen MR) is 92.5 cm³/mol. The van der Waals surface area contributed by atoms with E-state index in [1.807, 2.05) is 0 Å². The molecule has 0 unspecified atom stereocenters. The third-order valence-electron chi connectivity index (χ3n) is 3.76. The minimum absolute atomic E-state index is 0.212. The van der Waals surface area contributed by atoms with E-state index < -0.39 is 29.0 Å². The normalized spacial score (nSPS) is 14.2. The molecule has 0 aromatic heterocycles. The molecule has 26 heavy (non-hydrogen) atoms. The molecule has 2 rings (SSSR count). The average Bonchev–Trinajstić information content (AvgIpc) is 3.45. The van der Waals surface area contributed by atoms with Gasteiger partial charge < -0.3 is 20.7 Å². The molecule has 6 nitrogen and oxygen atoms in total. The molecule has 1 aromatic rings. The van der Waals surface area contributed by atoms with Crippen LogP contribution in [0.25, 0.3) is 0 Å². The zero-order valence-electron chi connectivity index (χ0n) is 14.6. The molecular formula is C17H23F3N4O2. The van der Waals surface area contributed by atoms with Crippen molar-refractivity contribution < 1.29 is 22.7 Å². The van der Waals surface area contributed by atoms with Crippen molar-refractivity contribution in [1.29, 1.82) is 0 Å². The van der Waals surface area contributed by atoms with Gasteiger partial charge in [-0.2, -0.15) is 0 Å². The van der Waals surface area contributed by atoms with Gasteiger partial charge in [-0.15, -0.1) is 0 Å². The molecule has 0 radical (unpaired) electrons. The van der Waals surface area contributed by atoms with Gasteiger partial charge >= 0.3 is 0 Å². The summed E-state index contributed by atoms with van der Waals surface area (Å²) in [6.45, 7) is 1.87. The zero-order valence-corrected chi connectivity index (χ0v) is 14.6. The van der Waals surface area contributed by atoms with E-state index in [2.05, 4.69) is 20.9 Å². The summed E-state index contributed by atoms with van der Waals surface area (Å²) >= 11 is 0. The molecule has 0 atom stereocenters. The van der Waals surface area contributed by atoms with Gasteiger partial charge in [0.05, 0.1) is 12.2 Å². The molecule has 3 N–H and O–H groups in total. The summed E-state index contributed by atoms with van der Waals surface area (Å²) in [5.74, 6) is -3.87. The molecule has 0 bridgehead atoms. The largest absolute Gasteiger partial charge is 0.381 e. The Balaban J connectivity index is 1.65. The molecule has 0 aliphatic heterocycles. The number of hydrogen-bond acceptors (Lipinski definition) is 3. The van der Waals surface area contributed by atoms with E-state index in [4.69, 9.17) is 4.74 Å². The van der Waals surface area contributed by atoms with Crippen molar-refractivity contribution in [2.75, 3.05) is 38.7 Å². The van der Waals surface area contributed by atoms with Gasteiger partial charge in [-0.3, -0.25) is 9.79 Å². The molecular weight excluding hydrogens is 349 g/mol. The number of ether oxygens (including phenoxy) is 1.